The molecule has 9 heterocycles. The highest BCUT2D eigenvalue weighted by molar-refractivity contribution is 5.89. The molecule has 6 atom stereocenters. The molecule has 0 spiro atoms. The van der Waals surface area contributed by atoms with Gasteiger partial charge in [-0.1, -0.05) is 20.7 Å². The molecule has 0 aromatic carbocycles. The first-order chi connectivity index (χ1) is 45.0. The number of piperidine rings is 3. The maximum absolute atomic E-state index is 13.0. The van der Waals surface area contributed by atoms with Crippen LogP contribution < -0.4 is 14.7 Å². The molecule has 21 heteroatoms. The summed E-state index contributed by atoms with van der Waals surface area (Å²) < 4.78 is 258. The number of carbonyl (C=O) groups excluding carboxylic acids is 3. The van der Waals surface area contributed by atoms with E-state index < -0.39 is 148 Å². The van der Waals surface area contributed by atoms with Gasteiger partial charge in [0, 0.05) is 101 Å². The minimum Gasteiger partial charge on any atom is -0.354 e. The second kappa shape index (κ2) is 22.3. The van der Waals surface area contributed by atoms with Crippen LogP contribution in [0.3, 0.4) is 0 Å². The first-order valence-electron chi connectivity index (χ1n) is 35.3. The molecule has 6 aromatic heterocycles. The van der Waals surface area contributed by atoms with Crippen molar-refractivity contribution in [2.24, 2.45) is 17.7 Å². The third kappa shape index (κ3) is 11.0. The number of H-pyrrole nitrogens is 3. The Labute approximate surface area is 445 Å². The number of nitrogens with one attached hydrogen (secondary N) is 3. The summed E-state index contributed by atoms with van der Waals surface area (Å²) in [5, 5.41) is 0.833. The van der Waals surface area contributed by atoms with E-state index in [0.717, 1.165) is 56.7 Å². The fourth-order valence-corrected chi connectivity index (χ4v) is 6.56. The number of likely N-dealkylation sites (tertiary alicyclic amines) is 3. The average Bonchev–Trinajstić information content (AvgIpc) is 0.771. The standard InChI is InChI=1S/3C16H20N6O/c3*1-11-5-7-22(14(23)8-17-2)9-13(11)21(3)16-12-4-6-18-15(12)19-10-20-16/h3*4,6,10-11,13H,5,7-9H2,1,3H3,(H,18,19,20)/t3*11-,13+/m111/s1/i5D2,7D2,8D2,9D2,11D,13D;1D3,5D2,7D2,8D2,9D2,13D;5D2,7D2,8D2,9D2,13D. The van der Waals surface area contributed by atoms with E-state index in [9.17, 15) is 14.4 Å². The van der Waals surface area contributed by atoms with Crippen LogP contribution >= 0.6 is 0 Å². The van der Waals surface area contributed by atoms with Crippen molar-refractivity contribution in [2.45, 2.75) is 57.9 Å². The maximum Gasteiger partial charge on any atom is 0.302 e. The number of nitrogens with zero attached hydrogens (tertiary/aromatic N) is 15. The van der Waals surface area contributed by atoms with E-state index >= 15 is 0 Å². The lowest BCUT2D eigenvalue weighted by Gasteiger charge is -2.41. The number of carbonyl (C=O) groups is 3. The van der Waals surface area contributed by atoms with Gasteiger partial charge in [-0.3, -0.25) is 14.4 Å². The molecule has 6 aromatic rings. The molecule has 3 fully saturated rings. The quantitative estimate of drug-likeness (QED) is 0.169. The smallest absolute Gasteiger partial charge is 0.302 e. The van der Waals surface area contributed by atoms with E-state index in [1.54, 1.807) is 6.07 Å². The molecule has 21 nitrogen and oxygen atoms in total. The van der Waals surface area contributed by atoms with Crippen LogP contribution in [-0.2, 0) is 14.4 Å². The molecule has 0 bridgehead atoms. The predicted molar refractivity (Wildman–Crippen MR) is 264 cm³/mol. The molecule has 3 amide bonds. The Balaban J connectivity index is 0.000000211. The van der Waals surface area contributed by atoms with E-state index in [0.29, 0.717) is 15.9 Å². The Kier molecular flexibility index (Phi) is 7.42. The number of rotatable bonds is 9. The van der Waals surface area contributed by atoms with Crippen molar-refractivity contribution in [1.29, 1.82) is 0 Å². The average molecular weight is 968 g/mol. The summed E-state index contributed by atoms with van der Waals surface area (Å²) in [5.41, 5.74) is 0.849. The van der Waals surface area contributed by atoms with Gasteiger partial charge in [0.15, 0.2) is 0 Å². The van der Waals surface area contributed by atoms with Crippen LogP contribution in [0.4, 0.5) is 17.5 Å². The van der Waals surface area contributed by atoms with E-state index in [2.05, 4.69) is 59.4 Å². The van der Waals surface area contributed by atoms with Crippen LogP contribution in [0.2, 0.25) is 0 Å². The van der Waals surface area contributed by atoms with Crippen LogP contribution in [0.25, 0.3) is 47.6 Å². The Bertz CT molecular complexity index is 4330. The minimum absolute atomic E-state index is 0.0147. The summed E-state index contributed by atoms with van der Waals surface area (Å²) in [7, 11) is 3.41. The maximum atomic E-state index is 13.0. The first-order valence-corrected chi connectivity index (χ1v) is 19.8. The number of aromatic nitrogens is 9. The second-order valence-corrected chi connectivity index (χ2v) is 14.1. The lowest BCUT2D eigenvalue weighted by atomic mass is 9.92. The molecule has 0 aliphatic carbocycles. The number of fused-ring (bicyclic) bond motifs is 3. The lowest BCUT2D eigenvalue weighted by molar-refractivity contribution is -0.131. The minimum atomic E-state index is -3.79. The number of anilines is 3. The Hall–Kier alpha value is -7.86. The summed E-state index contributed by atoms with van der Waals surface area (Å²) in [4.78, 5) is 79.9. The van der Waals surface area contributed by atoms with Crippen molar-refractivity contribution >= 4 is 68.3 Å². The zero-order chi connectivity index (χ0) is 76.9. The van der Waals surface area contributed by atoms with Crippen LogP contribution in [-0.4, -0.2) is 175 Å². The van der Waals surface area contributed by atoms with Gasteiger partial charge < -0.3 is 58.9 Å². The molecule has 3 aliphatic rings. The summed E-state index contributed by atoms with van der Waals surface area (Å²) >= 11 is 0. The fraction of sp³-hybridized carbons (Fsp3) is 0.500. The summed E-state index contributed by atoms with van der Waals surface area (Å²) in [6.45, 7) is -12.4. The van der Waals surface area contributed by atoms with Gasteiger partial charge in [0.25, 0.3) is 19.5 Å². The van der Waals surface area contributed by atoms with Crippen LogP contribution in [0.1, 0.15) is 82.3 Å². The molecule has 0 saturated carbocycles. The molecule has 3 aliphatic heterocycles. The zero-order valence-electron chi connectivity index (χ0n) is 67.8. The zero-order valence-corrected chi connectivity index (χ0v) is 36.8. The van der Waals surface area contributed by atoms with Crippen molar-refractivity contribution in [1.82, 2.24) is 59.6 Å². The number of amides is 3. The third-order valence-electron chi connectivity index (χ3n) is 9.85. The van der Waals surface area contributed by atoms with Crippen molar-refractivity contribution in [2.75, 3.05) is 94.3 Å². The molecular weight excluding hydrogens is 877 g/mol. The van der Waals surface area contributed by atoms with Crippen LogP contribution in [0, 0.1) is 37.4 Å². The van der Waals surface area contributed by atoms with Crippen molar-refractivity contribution in [3.8, 4) is 0 Å². The SMILES string of the molecule is [2H]C([2H])([N+]#[C-])C(=O)N1C([2H])([2H])C([2H])([2H])[C@@H](C([2H])([2H])[2H])[C@@]([2H])(N(C)c2ncnc3[nH]ccc23)C1([2H])[2H].[2H]C([2H])([N+]#[C-])C(=O)N1C([2H])([2H])C([2H])([2H])[C@@H](C)[C@@]([2H])(N(C)c2ncnc3[nH]ccc23)C1([2H])[2H].[2H]C([2H])([N+]#[C-])C(=O)N1C([2H])([2H])C([2H])([2H])[C@@]([2H])(C)[C@@]([2H])(N(C)c2ncnc3[nH]ccc23)C1([2H])[2H]. The number of aromatic amines is 3. The number of likely N-dealkylation sites (N-methyl/N-ethyl adjacent to an activating group) is 3. The topological polar surface area (TPSA) is 208 Å². The van der Waals surface area contributed by atoms with Crippen molar-refractivity contribution in [3.05, 3.63) is 90.0 Å². The van der Waals surface area contributed by atoms with Gasteiger partial charge in [-0.25, -0.2) is 49.6 Å². The van der Waals surface area contributed by atoms with Crippen molar-refractivity contribution < 1.29 is 56.9 Å². The highest BCUT2D eigenvalue weighted by Crippen LogP contribution is 2.31. The Morgan fingerprint density at radius 1 is 0.623 bits per heavy atom. The predicted octanol–water partition coefficient (Wildman–Crippen LogP) is 4.65. The van der Waals surface area contributed by atoms with Gasteiger partial charge in [-0.05, 0) is 55.0 Å². The molecule has 3 N–H and O–H groups in total. The summed E-state index contributed by atoms with van der Waals surface area (Å²) in [6, 6.07) is -4.63. The van der Waals surface area contributed by atoms with E-state index in [4.69, 9.17) is 62.2 Å². The van der Waals surface area contributed by atoms with Gasteiger partial charge in [-0.2, -0.15) is 0 Å². The number of hydrogen-bond donors (Lipinski definition) is 3. The molecule has 0 radical (unpaired) electrons. The Morgan fingerprint density at radius 2 is 0.971 bits per heavy atom. The van der Waals surface area contributed by atoms with Crippen LogP contribution in [0.5, 0.6) is 0 Å². The molecule has 3 saturated heterocycles. The third-order valence-corrected chi connectivity index (χ3v) is 9.85. The van der Waals surface area contributed by atoms with Gasteiger partial charge >= 0.3 is 17.7 Å². The van der Waals surface area contributed by atoms with Gasteiger partial charge in [-0.15, -0.1) is 0 Å². The largest absolute Gasteiger partial charge is 0.354 e. The fourth-order valence-electron chi connectivity index (χ4n) is 6.56. The molecule has 9 rings (SSSR count). The lowest BCUT2D eigenvalue weighted by Crippen LogP contribution is -2.53. The van der Waals surface area contributed by atoms with E-state index in [-0.39, 0.29) is 44.4 Å². The molecule has 69 heavy (non-hydrogen) atoms. The summed E-state index contributed by atoms with van der Waals surface area (Å²) in [5.74, 6) is -13.7. The monoisotopic (exact) mass is 968 g/mol. The van der Waals surface area contributed by atoms with Gasteiger partial charge in [0.05, 0.1) is 46.5 Å². The highest BCUT2D eigenvalue weighted by Gasteiger charge is 2.36. The van der Waals surface area contributed by atoms with E-state index in [1.807, 2.05) is 0 Å². The van der Waals surface area contributed by atoms with Gasteiger partial charge in [0.1, 0.15) is 61.6 Å². The van der Waals surface area contributed by atoms with Crippen molar-refractivity contribution in [3.63, 3.8) is 0 Å². The Morgan fingerprint density at radius 3 is 1.36 bits per heavy atom. The molecular formula is C48H60N18O3. The van der Waals surface area contributed by atoms with Crippen LogP contribution in [0.15, 0.2) is 55.8 Å². The number of hydrogen-bond acceptors (Lipinski definition) is 12. The highest BCUT2D eigenvalue weighted by atomic mass is 16.2. The normalized spacial score (nSPS) is 39.4. The molecule has 360 valence electrons. The first kappa shape index (κ1) is 23.0. The van der Waals surface area contributed by atoms with E-state index in [1.165, 1.54) is 37.8 Å². The second-order valence-electron chi connectivity index (χ2n) is 14.1. The molecule has 0 unspecified atom stereocenters. The summed E-state index contributed by atoms with van der Waals surface area (Å²) in [6.07, 6.45) is -2.38. The van der Waals surface area contributed by atoms with Gasteiger partial charge in [0.2, 0.25) is 0 Å².